The number of halogens is 1. The Balaban J connectivity index is 1.70. The van der Waals surface area contributed by atoms with Crippen LogP contribution in [-0.2, 0) is 14.3 Å². The molecule has 1 N–H and O–H groups in total. The quantitative estimate of drug-likeness (QED) is 0.482. The Hall–Kier alpha value is -2.91. The lowest BCUT2D eigenvalue weighted by Crippen LogP contribution is -2.34. The number of aliphatic imine (C=N–C) groups is 1. The third-order valence-corrected chi connectivity index (χ3v) is 5.94. The summed E-state index contributed by atoms with van der Waals surface area (Å²) in [6.07, 6.45) is 0.655. The molecule has 1 fully saturated rings. The molecule has 1 atom stereocenters. The second-order valence-electron chi connectivity index (χ2n) is 7.23. The highest BCUT2D eigenvalue weighted by molar-refractivity contribution is 8.15. The van der Waals surface area contributed by atoms with Crippen molar-refractivity contribution in [2.45, 2.75) is 31.9 Å². The number of amides is 2. The van der Waals surface area contributed by atoms with Crippen molar-refractivity contribution in [2.24, 2.45) is 4.99 Å². The van der Waals surface area contributed by atoms with E-state index >= 15 is 0 Å². The van der Waals surface area contributed by atoms with Crippen molar-refractivity contribution in [3.8, 4) is 5.75 Å². The maximum Gasteiger partial charge on any atom is 0.242 e. The molecule has 0 saturated carbocycles. The molecule has 2 aromatic carbocycles. The zero-order valence-electron chi connectivity index (χ0n) is 18.8. The Morgan fingerprint density at radius 3 is 2.52 bits per heavy atom. The van der Waals surface area contributed by atoms with Gasteiger partial charge < -0.3 is 14.8 Å². The fourth-order valence-corrected chi connectivity index (χ4v) is 4.39. The van der Waals surface area contributed by atoms with Crippen LogP contribution in [0.3, 0.4) is 0 Å². The molecule has 9 heteroatoms. The van der Waals surface area contributed by atoms with E-state index in [2.05, 4.69) is 10.3 Å². The van der Waals surface area contributed by atoms with E-state index in [0.717, 1.165) is 5.75 Å². The predicted molar refractivity (Wildman–Crippen MR) is 129 cm³/mol. The molecule has 1 aliphatic heterocycles. The first-order valence-electron chi connectivity index (χ1n) is 10.9. The first-order valence-corrected chi connectivity index (χ1v) is 11.8. The van der Waals surface area contributed by atoms with Gasteiger partial charge in [0.05, 0.1) is 12.3 Å². The second-order valence-corrected chi connectivity index (χ2v) is 8.40. The summed E-state index contributed by atoms with van der Waals surface area (Å²) in [5, 5.41) is 2.68. The number of nitrogens with zero attached hydrogens (tertiary/aromatic N) is 2. The van der Waals surface area contributed by atoms with Gasteiger partial charge in [-0.15, -0.1) is 0 Å². The predicted octanol–water partition coefficient (Wildman–Crippen LogP) is 4.61. The highest BCUT2D eigenvalue weighted by Crippen LogP contribution is 2.32. The Morgan fingerprint density at radius 2 is 1.85 bits per heavy atom. The number of carbonyl (C=O) groups is 2. The fourth-order valence-electron chi connectivity index (χ4n) is 3.21. The number of carbonyl (C=O) groups excluding carboxylic acids is 2. The zero-order valence-corrected chi connectivity index (χ0v) is 19.6. The van der Waals surface area contributed by atoms with Gasteiger partial charge in [0.25, 0.3) is 0 Å². The van der Waals surface area contributed by atoms with Gasteiger partial charge in [0.1, 0.15) is 16.8 Å². The molecule has 7 nitrogen and oxygen atoms in total. The molecule has 3 rings (SSSR count). The number of amidine groups is 1. The molecule has 2 amide bonds. The normalized spacial score (nSPS) is 16.9. The summed E-state index contributed by atoms with van der Waals surface area (Å²) >= 11 is 1.27. The van der Waals surface area contributed by atoms with E-state index in [-0.39, 0.29) is 24.1 Å². The molecule has 1 heterocycles. The van der Waals surface area contributed by atoms with Gasteiger partial charge in [0.2, 0.25) is 11.8 Å². The monoisotopic (exact) mass is 473 g/mol. The van der Waals surface area contributed by atoms with Crippen LogP contribution in [-0.4, -0.2) is 53.5 Å². The van der Waals surface area contributed by atoms with Crippen LogP contribution in [0.15, 0.2) is 53.5 Å². The van der Waals surface area contributed by atoms with Crippen molar-refractivity contribution in [2.75, 3.05) is 31.7 Å². The standard InChI is InChI=1S/C24H28FN3O4S/c1-3-31-15-5-14-28-23(30)21(16-22(29)26-18-8-6-17(25)7-9-18)33-24(28)27-19-10-12-20(13-11-19)32-4-2/h6-13,21H,3-5,14-16H2,1-2H3,(H,26,29). The summed E-state index contributed by atoms with van der Waals surface area (Å²) in [4.78, 5) is 31.9. The number of nitrogens with one attached hydrogen (secondary N) is 1. The van der Waals surface area contributed by atoms with Crippen LogP contribution in [0.1, 0.15) is 26.7 Å². The van der Waals surface area contributed by atoms with Crippen LogP contribution in [0.2, 0.25) is 0 Å². The number of hydrogen-bond donors (Lipinski definition) is 1. The molecular formula is C24H28FN3O4S. The Bertz CT molecular complexity index is 967. The summed E-state index contributed by atoms with van der Waals surface area (Å²) in [6, 6.07) is 12.8. The molecule has 1 saturated heterocycles. The molecule has 33 heavy (non-hydrogen) atoms. The van der Waals surface area contributed by atoms with Gasteiger partial charge >= 0.3 is 0 Å². The van der Waals surface area contributed by atoms with E-state index in [0.29, 0.717) is 49.3 Å². The van der Waals surface area contributed by atoms with Crippen molar-refractivity contribution < 1.29 is 23.5 Å². The van der Waals surface area contributed by atoms with Crippen LogP contribution in [0.25, 0.3) is 0 Å². The maximum atomic E-state index is 13.1. The summed E-state index contributed by atoms with van der Waals surface area (Å²) in [5.74, 6) is -0.104. The summed E-state index contributed by atoms with van der Waals surface area (Å²) < 4.78 is 23.9. The van der Waals surface area contributed by atoms with Crippen LogP contribution in [0.4, 0.5) is 15.8 Å². The lowest BCUT2D eigenvalue weighted by Gasteiger charge is -2.16. The third kappa shape index (κ3) is 7.30. The van der Waals surface area contributed by atoms with E-state index in [1.165, 1.54) is 36.0 Å². The smallest absolute Gasteiger partial charge is 0.242 e. The second kappa shape index (κ2) is 12.4. The van der Waals surface area contributed by atoms with Gasteiger partial charge in [-0.1, -0.05) is 11.8 Å². The highest BCUT2D eigenvalue weighted by atomic mass is 32.2. The number of ether oxygens (including phenoxy) is 2. The molecule has 2 aromatic rings. The number of hydrogen-bond acceptors (Lipinski definition) is 6. The van der Waals surface area contributed by atoms with Gasteiger partial charge in [-0.05, 0) is 68.8 Å². The third-order valence-electron chi connectivity index (χ3n) is 4.77. The van der Waals surface area contributed by atoms with Gasteiger partial charge in [0.15, 0.2) is 5.17 Å². The fraction of sp³-hybridized carbons (Fsp3) is 0.375. The van der Waals surface area contributed by atoms with Crippen molar-refractivity contribution >= 4 is 40.1 Å². The van der Waals surface area contributed by atoms with Crippen molar-refractivity contribution in [1.82, 2.24) is 4.90 Å². The topological polar surface area (TPSA) is 80.2 Å². The van der Waals surface area contributed by atoms with E-state index in [4.69, 9.17) is 9.47 Å². The molecular weight excluding hydrogens is 445 g/mol. The van der Waals surface area contributed by atoms with Crippen LogP contribution < -0.4 is 10.1 Å². The molecule has 176 valence electrons. The summed E-state index contributed by atoms with van der Waals surface area (Å²) in [6.45, 7) is 6.02. The number of benzene rings is 2. The van der Waals surface area contributed by atoms with Gasteiger partial charge in [-0.3, -0.25) is 14.5 Å². The number of rotatable bonds is 11. The molecule has 0 bridgehead atoms. The van der Waals surface area contributed by atoms with Crippen molar-refractivity contribution in [3.63, 3.8) is 0 Å². The molecule has 0 aliphatic carbocycles. The molecule has 1 aliphatic rings. The first kappa shape index (κ1) is 24.7. The first-order chi connectivity index (χ1) is 16.0. The molecule has 1 unspecified atom stereocenters. The Labute approximate surface area is 197 Å². The number of thioether (sulfide) groups is 1. The average molecular weight is 474 g/mol. The van der Waals surface area contributed by atoms with Crippen LogP contribution >= 0.6 is 11.8 Å². The van der Waals surface area contributed by atoms with Crippen LogP contribution in [0.5, 0.6) is 5.75 Å². The van der Waals surface area contributed by atoms with E-state index in [1.54, 1.807) is 4.90 Å². The minimum absolute atomic E-state index is 0.00880. The summed E-state index contributed by atoms with van der Waals surface area (Å²) in [5.41, 5.74) is 1.17. The lowest BCUT2D eigenvalue weighted by molar-refractivity contribution is -0.128. The maximum absolute atomic E-state index is 13.1. The molecule has 0 radical (unpaired) electrons. The minimum Gasteiger partial charge on any atom is -0.494 e. The van der Waals surface area contributed by atoms with Crippen LogP contribution in [0, 0.1) is 5.82 Å². The Kier molecular flexibility index (Phi) is 9.26. The van der Waals surface area contributed by atoms with E-state index in [9.17, 15) is 14.0 Å². The van der Waals surface area contributed by atoms with E-state index < -0.39 is 5.25 Å². The number of anilines is 1. The molecule has 0 aromatic heterocycles. The van der Waals surface area contributed by atoms with Gasteiger partial charge in [0, 0.05) is 31.9 Å². The molecule has 0 spiro atoms. The van der Waals surface area contributed by atoms with Gasteiger partial charge in [-0.2, -0.15) is 0 Å². The largest absolute Gasteiger partial charge is 0.494 e. The zero-order chi connectivity index (χ0) is 23.6. The minimum atomic E-state index is -0.584. The van der Waals surface area contributed by atoms with Crippen molar-refractivity contribution in [3.05, 3.63) is 54.3 Å². The highest BCUT2D eigenvalue weighted by Gasteiger charge is 2.38. The SMILES string of the molecule is CCOCCCN1C(=O)C(CC(=O)Nc2ccc(F)cc2)SC1=Nc1ccc(OCC)cc1. The van der Waals surface area contributed by atoms with Crippen molar-refractivity contribution in [1.29, 1.82) is 0 Å². The average Bonchev–Trinajstić information content (AvgIpc) is 3.08. The Morgan fingerprint density at radius 1 is 1.12 bits per heavy atom. The lowest BCUT2D eigenvalue weighted by atomic mass is 10.2. The van der Waals surface area contributed by atoms with Gasteiger partial charge in [-0.25, -0.2) is 9.38 Å². The summed E-state index contributed by atoms with van der Waals surface area (Å²) in [7, 11) is 0. The van der Waals surface area contributed by atoms with E-state index in [1.807, 2.05) is 38.1 Å².